The summed E-state index contributed by atoms with van der Waals surface area (Å²) < 4.78 is 5.24. The van der Waals surface area contributed by atoms with Crippen molar-refractivity contribution in [2.45, 2.75) is 32.7 Å². The SMILES string of the molecule is CC(NC(=O)N1CCC(C)(C(=O)O)CC1)c1ccco1. The summed E-state index contributed by atoms with van der Waals surface area (Å²) in [5.74, 6) is -0.0905. The van der Waals surface area contributed by atoms with Gasteiger partial charge in [0, 0.05) is 13.1 Å². The number of hydrogen-bond donors (Lipinski definition) is 2. The predicted molar refractivity (Wildman–Crippen MR) is 72.2 cm³/mol. The fourth-order valence-electron chi connectivity index (χ4n) is 2.30. The molecule has 0 radical (unpaired) electrons. The quantitative estimate of drug-likeness (QED) is 0.889. The number of rotatable bonds is 3. The molecule has 1 unspecified atom stereocenters. The van der Waals surface area contributed by atoms with Crippen molar-refractivity contribution in [3.8, 4) is 0 Å². The van der Waals surface area contributed by atoms with Gasteiger partial charge in [-0.2, -0.15) is 0 Å². The predicted octanol–water partition coefficient (Wildman–Crippen LogP) is 2.24. The number of nitrogens with zero attached hydrogens (tertiary/aromatic N) is 1. The first kappa shape index (κ1) is 14.4. The van der Waals surface area contributed by atoms with Crippen molar-refractivity contribution < 1.29 is 19.1 Å². The van der Waals surface area contributed by atoms with E-state index in [9.17, 15) is 9.59 Å². The molecule has 1 fully saturated rings. The Morgan fingerprint density at radius 3 is 2.60 bits per heavy atom. The molecule has 1 aromatic rings. The number of nitrogens with one attached hydrogen (secondary N) is 1. The van der Waals surface area contributed by atoms with Crippen LogP contribution in [0, 0.1) is 5.41 Å². The summed E-state index contributed by atoms with van der Waals surface area (Å²) in [6.45, 7) is 4.50. The van der Waals surface area contributed by atoms with Gasteiger partial charge in [0.15, 0.2) is 0 Å². The number of hydrogen-bond acceptors (Lipinski definition) is 3. The molecule has 0 aliphatic carbocycles. The molecule has 6 heteroatoms. The molecular formula is C14H20N2O4. The average molecular weight is 280 g/mol. The third-order valence-corrected chi connectivity index (χ3v) is 3.98. The van der Waals surface area contributed by atoms with E-state index < -0.39 is 11.4 Å². The Balaban J connectivity index is 1.88. The van der Waals surface area contributed by atoms with Crippen LogP contribution < -0.4 is 5.32 Å². The minimum absolute atomic E-state index is 0.179. The zero-order valence-corrected chi connectivity index (χ0v) is 11.8. The van der Waals surface area contributed by atoms with Crippen molar-refractivity contribution >= 4 is 12.0 Å². The molecule has 2 N–H and O–H groups in total. The number of aliphatic carboxylic acids is 1. The molecule has 110 valence electrons. The van der Waals surface area contributed by atoms with E-state index in [4.69, 9.17) is 9.52 Å². The van der Waals surface area contributed by atoms with Crippen LogP contribution in [0.5, 0.6) is 0 Å². The van der Waals surface area contributed by atoms with Crippen molar-refractivity contribution in [1.29, 1.82) is 0 Å². The minimum atomic E-state index is -0.790. The monoisotopic (exact) mass is 280 g/mol. The lowest BCUT2D eigenvalue weighted by Crippen LogP contribution is -2.49. The molecule has 0 spiro atoms. The number of likely N-dealkylation sites (tertiary alicyclic amines) is 1. The van der Waals surface area contributed by atoms with Gasteiger partial charge in [-0.15, -0.1) is 0 Å². The number of carbonyl (C=O) groups is 2. The second kappa shape index (κ2) is 5.56. The highest BCUT2D eigenvalue weighted by Gasteiger charge is 2.38. The molecule has 20 heavy (non-hydrogen) atoms. The minimum Gasteiger partial charge on any atom is -0.481 e. The maximum atomic E-state index is 12.1. The first-order chi connectivity index (χ1) is 9.42. The fraction of sp³-hybridized carbons (Fsp3) is 0.571. The Kier molecular flexibility index (Phi) is 4.01. The van der Waals surface area contributed by atoms with E-state index in [0.717, 1.165) is 0 Å². The Bertz CT molecular complexity index is 475. The largest absolute Gasteiger partial charge is 0.481 e. The molecule has 0 bridgehead atoms. The molecule has 1 aliphatic heterocycles. The van der Waals surface area contributed by atoms with Crippen LogP contribution in [0.1, 0.15) is 38.5 Å². The van der Waals surface area contributed by atoms with E-state index in [1.54, 1.807) is 24.2 Å². The third kappa shape index (κ3) is 2.95. The van der Waals surface area contributed by atoms with Crippen LogP contribution in [0.25, 0.3) is 0 Å². The van der Waals surface area contributed by atoms with Gasteiger partial charge in [-0.1, -0.05) is 0 Å². The van der Waals surface area contributed by atoms with Crippen molar-refractivity contribution in [2.24, 2.45) is 5.41 Å². The van der Waals surface area contributed by atoms with Crippen LogP contribution in [0.15, 0.2) is 22.8 Å². The Hall–Kier alpha value is -1.98. The molecule has 1 aliphatic rings. The summed E-state index contributed by atoms with van der Waals surface area (Å²) >= 11 is 0. The number of carboxylic acid groups (broad SMARTS) is 1. The Morgan fingerprint density at radius 2 is 2.10 bits per heavy atom. The first-order valence-electron chi connectivity index (χ1n) is 6.74. The molecular weight excluding hydrogens is 260 g/mol. The van der Waals surface area contributed by atoms with E-state index in [1.165, 1.54) is 0 Å². The zero-order chi connectivity index (χ0) is 14.8. The van der Waals surface area contributed by atoms with Crippen molar-refractivity contribution in [2.75, 3.05) is 13.1 Å². The van der Waals surface area contributed by atoms with Crippen LogP contribution >= 0.6 is 0 Å². The molecule has 2 rings (SSSR count). The third-order valence-electron chi connectivity index (χ3n) is 3.98. The maximum absolute atomic E-state index is 12.1. The molecule has 1 saturated heterocycles. The number of carboxylic acids is 1. The molecule has 2 heterocycles. The maximum Gasteiger partial charge on any atom is 0.317 e. The van der Waals surface area contributed by atoms with Gasteiger partial charge in [0.25, 0.3) is 0 Å². The lowest BCUT2D eigenvalue weighted by Gasteiger charge is -2.36. The lowest BCUT2D eigenvalue weighted by molar-refractivity contribution is -0.150. The van der Waals surface area contributed by atoms with E-state index in [-0.39, 0.29) is 12.1 Å². The number of urea groups is 1. The number of piperidine rings is 1. The van der Waals surface area contributed by atoms with Crippen LogP contribution in [0.3, 0.4) is 0 Å². The topological polar surface area (TPSA) is 82.8 Å². The summed E-state index contributed by atoms with van der Waals surface area (Å²) in [5.41, 5.74) is -0.719. The normalized spacial score (nSPS) is 19.4. The van der Waals surface area contributed by atoms with Crippen molar-refractivity contribution in [1.82, 2.24) is 10.2 Å². The summed E-state index contributed by atoms with van der Waals surface area (Å²) in [5, 5.41) is 12.0. The standard InChI is InChI=1S/C14H20N2O4/c1-10(11-4-3-9-20-11)15-13(19)16-7-5-14(2,6-8-16)12(17)18/h3-4,9-10H,5-8H2,1-2H3,(H,15,19)(H,17,18). The van der Waals surface area contributed by atoms with Gasteiger partial charge in [-0.3, -0.25) is 4.79 Å². The second-order valence-electron chi connectivity index (χ2n) is 5.54. The molecule has 0 saturated carbocycles. The summed E-state index contributed by atoms with van der Waals surface area (Å²) in [7, 11) is 0. The zero-order valence-electron chi connectivity index (χ0n) is 11.8. The number of amides is 2. The summed E-state index contributed by atoms with van der Waals surface area (Å²) in [6, 6.07) is 3.20. The van der Waals surface area contributed by atoms with E-state index in [1.807, 2.05) is 13.0 Å². The first-order valence-corrected chi connectivity index (χ1v) is 6.74. The molecule has 0 aromatic carbocycles. The van der Waals surface area contributed by atoms with Crippen molar-refractivity contribution in [3.05, 3.63) is 24.2 Å². The summed E-state index contributed by atoms with van der Waals surface area (Å²) in [4.78, 5) is 24.9. The van der Waals surface area contributed by atoms with E-state index >= 15 is 0 Å². The van der Waals surface area contributed by atoms with Gasteiger partial charge in [-0.25, -0.2) is 4.79 Å². The molecule has 6 nitrogen and oxygen atoms in total. The van der Waals surface area contributed by atoms with Gasteiger partial charge >= 0.3 is 12.0 Å². The van der Waals surface area contributed by atoms with Gasteiger partial charge in [0.1, 0.15) is 5.76 Å². The van der Waals surface area contributed by atoms with Crippen LogP contribution in [-0.4, -0.2) is 35.1 Å². The Labute approximate surface area is 117 Å². The fourth-order valence-corrected chi connectivity index (χ4v) is 2.30. The van der Waals surface area contributed by atoms with Gasteiger partial charge < -0.3 is 19.7 Å². The Morgan fingerprint density at radius 1 is 1.45 bits per heavy atom. The van der Waals surface area contributed by atoms with Gasteiger partial charge in [0.2, 0.25) is 0 Å². The highest BCUT2D eigenvalue weighted by molar-refractivity contribution is 5.77. The smallest absolute Gasteiger partial charge is 0.317 e. The number of furan rings is 1. The highest BCUT2D eigenvalue weighted by Crippen LogP contribution is 2.31. The van der Waals surface area contributed by atoms with Crippen LogP contribution in [-0.2, 0) is 4.79 Å². The molecule has 2 amide bonds. The van der Waals surface area contributed by atoms with E-state index in [0.29, 0.717) is 31.7 Å². The molecule has 1 aromatic heterocycles. The lowest BCUT2D eigenvalue weighted by atomic mass is 9.80. The van der Waals surface area contributed by atoms with Crippen LogP contribution in [0.2, 0.25) is 0 Å². The van der Waals surface area contributed by atoms with Crippen LogP contribution in [0.4, 0.5) is 4.79 Å². The van der Waals surface area contributed by atoms with Gasteiger partial charge in [0.05, 0.1) is 17.7 Å². The van der Waals surface area contributed by atoms with Crippen molar-refractivity contribution in [3.63, 3.8) is 0 Å². The van der Waals surface area contributed by atoms with Gasteiger partial charge in [-0.05, 0) is 38.8 Å². The summed E-state index contributed by atoms with van der Waals surface area (Å²) in [6.07, 6.45) is 2.52. The average Bonchev–Trinajstić information content (AvgIpc) is 2.93. The molecule has 1 atom stereocenters. The number of carbonyl (C=O) groups excluding carboxylic acids is 1. The highest BCUT2D eigenvalue weighted by atomic mass is 16.4. The van der Waals surface area contributed by atoms with E-state index in [2.05, 4.69) is 5.32 Å². The second-order valence-corrected chi connectivity index (χ2v) is 5.54.